The molecule has 2 saturated carbocycles. The number of aromatic nitrogens is 2. The number of carbonyl (C=O) groups is 1. The predicted molar refractivity (Wildman–Crippen MR) is 89.2 cm³/mol. The van der Waals surface area contributed by atoms with Crippen LogP contribution in [0.15, 0.2) is 28.8 Å². The Bertz CT molecular complexity index is 735. The van der Waals surface area contributed by atoms with Crippen molar-refractivity contribution in [1.82, 2.24) is 15.5 Å². The topological polar surface area (TPSA) is 68.0 Å². The second-order valence-electron chi connectivity index (χ2n) is 7.11. The highest BCUT2D eigenvalue weighted by Crippen LogP contribution is 2.41. The van der Waals surface area contributed by atoms with Gasteiger partial charge >= 0.3 is 0 Å². The van der Waals surface area contributed by atoms with Crippen molar-refractivity contribution in [3.63, 3.8) is 0 Å². The Labute approximate surface area is 146 Å². The molecule has 0 saturated heterocycles. The first-order valence-corrected chi connectivity index (χ1v) is 9.06. The molecule has 0 radical (unpaired) electrons. The highest BCUT2D eigenvalue weighted by atomic mass is 19.1. The molecule has 0 aliphatic heterocycles. The molecule has 25 heavy (non-hydrogen) atoms. The summed E-state index contributed by atoms with van der Waals surface area (Å²) in [5.41, 5.74) is 0.975. The van der Waals surface area contributed by atoms with Gasteiger partial charge < -0.3 is 9.84 Å². The zero-order valence-corrected chi connectivity index (χ0v) is 14.1. The summed E-state index contributed by atoms with van der Waals surface area (Å²) in [7, 11) is 0. The molecule has 2 aliphatic carbocycles. The van der Waals surface area contributed by atoms with Crippen LogP contribution in [-0.4, -0.2) is 16.0 Å². The first kappa shape index (κ1) is 16.2. The summed E-state index contributed by atoms with van der Waals surface area (Å²) < 4.78 is 18.3. The summed E-state index contributed by atoms with van der Waals surface area (Å²) in [4.78, 5) is 16.7. The molecule has 1 heterocycles. The van der Waals surface area contributed by atoms with Crippen LogP contribution >= 0.6 is 0 Å². The monoisotopic (exact) mass is 343 g/mol. The fourth-order valence-electron chi connectivity index (χ4n) is 3.10. The van der Waals surface area contributed by atoms with Crippen LogP contribution in [0.3, 0.4) is 0 Å². The molecule has 0 unspecified atom stereocenters. The third-order valence-electron chi connectivity index (χ3n) is 4.86. The fraction of sp³-hybridized carbons (Fsp3) is 0.526. The highest BCUT2D eigenvalue weighted by molar-refractivity contribution is 5.76. The maximum atomic E-state index is 13.1. The maximum Gasteiger partial charge on any atom is 0.226 e. The molecule has 132 valence electrons. The van der Waals surface area contributed by atoms with Crippen molar-refractivity contribution >= 4 is 5.91 Å². The normalized spacial score (nSPS) is 18.1. The van der Waals surface area contributed by atoms with Gasteiger partial charge in [-0.15, -0.1) is 0 Å². The van der Waals surface area contributed by atoms with Crippen molar-refractivity contribution in [1.29, 1.82) is 0 Å². The molecule has 4 rings (SSSR count). The summed E-state index contributed by atoms with van der Waals surface area (Å²) in [5, 5.41) is 7.09. The minimum Gasteiger partial charge on any atom is -0.349 e. The minimum absolute atomic E-state index is 0.0158. The summed E-state index contributed by atoms with van der Waals surface area (Å²) in [6.07, 6.45) is 6.23. The Balaban J connectivity index is 1.27. The Morgan fingerprint density at radius 1 is 1.24 bits per heavy atom. The van der Waals surface area contributed by atoms with Crippen LogP contribution < -0.4 is 5.32 Å². The SMILES string of the molecule is O=C(CCCc1nc(C2CC2)no1)N[C@H](c1ccc(F)cc1)C1CC1. The molecular weight excluding hydrogens is 321 g/mol. The van der Waals surface area contributed by atoms with Gasteiger partial charge in [0.1, 0.15) is 5.82 Å². The molecule has 6 heteroatoms. The zero-order valence-electron chi connectivity index (χ0n) is 14.1. The number of halogens is 1. The van der Waals surface area contributed by atoms with E-state index in [1.807, 2.05) is 0 Å². The average molecular weight is 343 g/mol. The number of carbonyl (C=O) groups excluding carboxylic acids is 1. The third-order valence-corrected chi connectivity index (χ3v) is 4.86. The van der Waals surface area contributed by atoms with Crippen LogP contribution in [0.2, 0.25) is 0 Å². The van der Waals surface area contributed by atoms with E-state index >= 15 is 0 Å². The molecule has 5 nitrogen and oxygen atoms in total. The number of hydrogen-bond acceptors (Lipinski definition) is 4. The standard InChI is InChI=1S/C19H22FN3O2/c20-15-10-8-13(9-11-15)18(12-4-5-12)21-16(24)2-1-3-17-22-19(23-25-17)14-6-7-14/h8-12,14,18H,1-7H2,(H,21,24)/t18-/m0/s1. The van der Waals surface area contributed by atoms with E-state index in [-0.39, 0.29) is 17.8 Å². The first-order chi connectivity index (χ1) is 12.2. The number of hydrogen-bond donors (Lipinski definition) is 1. The molecule has 0 bridgehead atoms. The number of amides is 1. The molecule has 1 atom stereocenters. The Kier molecular flexibility index (Phi) is 4.51. The van der Waals surface area contributed by atoms with Crippen molar-refractivity contribution < 1.29 is 13.7 Å². The summed E-state index contributed by atoms with van der Waals surface area (Å²) in [5.74, 6) is 2.14. The quantitative estimate of drug-likeness (QED) is 0.794. The lowest BCUT2D eigenvalue weighted by atomic mass is 10.0. The lowest BCUT2D eigenvalue weighted by Gasteiger charge is -2.18. The maximum absolute atomic E-state index is 13.1. The van der Waals surface area contributed by atoms with Crippen LogP contribution in [0.1, 0.15) is 67.8 Å². The molecule has 0 spiro atoms. The van der Waals surface area contributed by atoms with Crippen LogP contribution in [-0.2, 0) is 11.2 Å². The van der Waals surface area contributed by atoms with Crippen LogP contribution in [0.5, 0.6) is 0 Å². The van der Waals surface area contributed by atoms with Gasteiger partial charge in [-0.25, -0.2) is 4.39 Å². The number of rotatable bonds is 8. The number of aryl methyl sites for hydroxylation is 1. The first-order valence-electron chi connectivity index (χ1n) is 9.06. The van der Waals surface area contributed by atoms with Gasteiger partial charge in [0, 0.05) is 18.8 Å². The molecular formula is C19H22FN3O2. The van der Waals surface area contributed by atoms with Crippen LogP contribution in [0, 0.1) is 11.7 Å². The van der Waals surface area contributed by atoms with E-state index < -0.39 is 0 Å². The fourth-order valence-corrected chi connectivity index (χ4v) is 3.10. The van der Waals surface area contributed by atoms with Crippen molar-refractivity contribution in [3.05, 3.63) is 47.4 Å². The average Bonchev–Trinajstić information content (AvgIpc) is 3.53. The van der Waals surface area contributed by atoms with Crippen molar-refractivity contribution in [2.75, 3.05) is 0 Å². The lowest BCUT2D eigenvalue weighted by molar-refractivity contribution is -0.122. The van der Waals surface area contributed by atoms with E-state index in [9.17, 15) is 9.18 Å². The number of nitrogens with one attached hydrogen (secondary N) is 1. The van der Waals surface area contributed by atoms with E-state index in [1.54, 1.807) is 12.1 Å². The largest absolute Gasteiger partial charge is 0.349 e. The van der Waals surface area contributed by atoms with Crippen LogP contribution in [0.25, 0.3) is 0 Å². The van der Waals surface area contributed by atoms with E-state index in [4.69, 9.17) is 4.52 Å². The molecule has 2 aliphatic rings. The van der Waals surface area contributed by atoms with E-state index in [0.717, 1.165) is 37.1 Å². The lowest BCUT2D eigenvalue weighted by Crippen LogP contribution is -2.29. The van der Waals surface area contributed by atoms with E-state index in [1.165, 1.54) is 12.1 Å². The predicted octanol–water partition coefficient (Wildman–Crippen LogP) is 3.68. The number of benzene rings is 1. The van der Waals surface area contributed by atoms with Gasteiger partial charge in [-0.2, -0.15) is 4.98 Å². The smallest absolute Gasteiger partial charge is 0.226 e. The molecule has 2 aromatic rings. The Morgan fingerprint density at radius 2 is 2.00 bits per heavy atom. The van der Waals surface area contributed by atoms with Gasteiger partial charge in [0.05, 0.1) is 6.04 Å². The minimum atomic E-state index is -0.255. The number of nitrogens with zero attached hydrogens (tertiary/aromatic N) is 2. The van der Waals surface area contributed by atoms with Gasteiger partial charge in [0.25, 0.3) is 0 Å². The zero-order chi connectivity index (χ0) is 17.2. The van der Waals surface area contributed by atoms with Gasteiger partial charge in [-0.1, -0.05) is 17.3 Å². The summed E-state index contributed by atoms with van der Waals surface area (Å²) in [6.45, 7) is 0. The van der Waals surface area contributed by atoms with Crippen LogP contribution in [0.4, 0.5) is 4.39 Å². The molecule has 1 amide bonds. The second-order valence-corrected chi connectivity index (χ2v) is 7.11. The van der Waals surface area contributed by atoms with E-state index in [2.05, 4.69) is 15.5 Å². The third kappa shape index (κ3) is 4.24. The molecule has 1 N–H and O–H groups in total. The van der Waals surface area contributed by atoms with E-state index in [0.29, 0.717) is 37.0 Å². The Morgan fingerprint density at radius 3 is 2.68 bits per heavy atom. The van der Waals surface area contributed by atoms with Gasteiger partial charge in [0.15, 0.2) is 5.82 Å². The molecule has 1 aromatic carbocycles. The molecule has 2 fully saturated rings. The van der Waals surface area contributed by atoms with Gasteiger partial charge in [-0.05, 0) is 55.7 Å². The second kappa shape index (κ2) is 6.94. The summed E-state index contributed by atoms with van der Waals surface area (Å²) in [6, 6.07) is 6.40. The van der Waals surface area contributed by atoms with Gasteiger partial charge in [0.2, 0.25) is 11.8 Å². The summed E-state index contributed by atoms with van der Waals surface area (Å²) >= 11 is 0. The van der Waals surface area contributed by atoms with Crippen molar-refractivity contribution in [2.45, 2.75) is 56.9 Å². The van der Waals surface area contributed by atoms with Crippen molar-refractivity contribution in [2.24, 2.45) is 5.92 Å². The molecule has 1 aromatic heterocycles. The highest BCUT2D eigenvalue weighted by Gasteiger charge is 2.33. The van der Waals surface area contributed by atoms with Crippen molar-refractivity contribution in [3.8, 4) is 0 Å². The Hall–Kier alpha value is -2.24. The van der Waals surface area contributed by atoms with Gasteiger partial charge in [-0.3, -0.25) is 4.79 Å².